The lowest BCUT2D eigenvalue weighted by Gasteiger charge is -2.16. The zero-order valence-corrected chi connectivity index (χ0v) is 29.2. The minimum Gasteiger partial charge on any atom is -0.367 e. The minimum atomic E-state index is -5.16. The van der Waals surface area contributed by atoms with Crippen LogP contribution in [0.2, 0.25) is 0 Å². The van der Waals surface area contributed by atoms with E-state index in [1.54, 1.807) is 0 Å². The molecule has 27 heteroatoms. The lowest BCUT2D eigenvalue weighted by atomic mass is 10.1. The molecule has 1 aromatic heterocycles. The van der Waals surface area contributed by atoms with Crippen LogP contribution in [0.5, 0.6) is 0 Å². The van der Waals surface area contributed by atoms with Crippen LogP contribution in [-0.2, 0) is 59.2 Å². The van der Waals surface area contributed by atoms with Gasteiger partial charge in [0.1, 0.15) is 33.1 Å². The quantitative estimate of drug-likeness (QED) is 0.0634. The third kappa shape index (κ3) is 11.3. The Morgan fingerprint density at radius 3 is 1.96 bits per heavy atom. The zero-order valence-electron chi connectivity index (χ0n) is 25.1. The van der Waals surface area contributed by atoms with Crippen molar-refractivity contribution in [3.63, 3.8) is 0 Å². The van der Waals surface area contributed by atoms with Gasteiger partial charge in [-0.25, -0.2) is 21.8 Å². The predicted molar refractivity (Wildman–Crippen MR) is 172 cm³/mol. The first-order valence-corrected chi connectivity index (χ1v) is 20.7. The Labute approximate surface area is 285 Å². The molecular weight excluding hydrogens is 777 g/mol. The van der Waals surface area contributed by atoms with Gasteiger partial charge in [-0.1, -0.05) is 18.2 Å². The maximum absolute atomic E-state index is 12.5. The van der Waals surface area contributed by atoms with Gasteiger partial charge in [0, 0.05) is 29.4 Å². The number of aromatic nitrogens is 1. The van der Waals surface area contributed by atoms with Crippen LogP contribution in [0.25, 0.3) is 10.8 Å². The van der Waals surface area contributed by atoms with Crippen LogP contribution in [0.1, 0.15) is 11.1 Å². The smallest absolute Gasteiger partial charge is 0.367 e. The van der Waals surface area contributed by atoms with Gasteiger partial charge in [0.15, 0.2) is 15.7 Å². The second-order valence-electron chi connectivity index (χ2n) is 9.69. The van der Waals surface area contributed by atoms with E-state index in [0.29, 0.717) is 0 Å². The Kier molecular flexibility index (Phi) is 12.6. The molecule has 0 saturated heterocycles. The Hall–Kier alpha value is -3.95. The number of fused-ring (bicyclic) bond motifs is 1. The molecule has 0 unspecified atom stereocenters. The van der Waals surface area contributed by atoms with E-state index in [1.165, 1.54) is 6.92 Å². The van der Waals surface area contributed by atoms with Gasteiger partial charge in [-0.3, -0.25) is 18.2 Å². The Morgan fingerprint density at radius 1 is 0.760 bits per heavy atom. The largest absolute Gasteiger partial charge is 0.397 e. The molecule has 0 fully saturated rings. The van der Waals surface area contributed by atoms with E-state index in [9.17, 15) is 56.5 Å². The molecule has 0 radical (unpaired) electrons. The lowest BCUT2D eigenvalue weighted by molar-refractivity contribution is 0.278. The highest BCUT2D eigenvalue weighted by molar-refractivity contribution is 7.91. The van der Waals surface area contributed by atoms with Crippen LogP contribution in [0, 0.1) is 18.3 Å². The molecule has 0 saturated carbocycles. The number of sulfone groups is 1. The van der Waals surface area contributed by atoms with E-state index < -0.39 is 97.6 Å². The van der Waals surface area contributed by atoms with E-state index in [2.05, 4.69) is 34.2 Å². The first-order chi connectivity index (χ1) is 22.9. The van der Waals surface area contributed by atoms with E-state index in [4.69, 9.17) is 9.11 Å². The fraction of sp³-hybridized carbons (Fsp3) is 0.304. The number of hydrogen-bond acceptors (Lipinski definition) is 18. The number of pyridine rings is 1. The van der Waals surface area contributed by atoms with Crippen LogP contribution in [-0.4, -0.2) is 103 Å². The van der Waals surface area contributed by atoms with Gasteiger partial charge in [-0.15, -0.1) is 10.2 Å². The number of benzene rings is 2. The predicted octanol–water partition coefficient (Wildman–Crippen LogP) is 1.20. The SMILES string of the molecule is Cc1c(C#N)c(NCCOS(=O)(=O)O)nc(NCCS(=O)(=O)CCOS(=O)(=O)O)c1/N=N/c1ccc2c(S(=O)(=O)O)cccc2c1S(=O)(=O)O. The lowest BCUT2D eigenvalue weighted by Crippen LogP contribution is -2.22. The highest BCUT2D eigenvalue weighted by atomic mass is 32.3. The van der Waals surface area contributed by atoms with E-state index in [1.807, 2.05) is 6.07 Å². The Balaban J connectivity index is 2.12. The van der Waals surface area contributed by atoms with Crippen molar-refractivity contribution in [2.45, 2.75) is 16.7 Å². The van der Waals surface area contributed by atoms with E-state index in [0.717, 1.165) is 30.3 Å². The summed E-state index contributed by atoms with van der Waals surface area (Å²) in [6.07, 6.45) is 0. The van der Waals surface area contributed by atoms with Crippen LogP contribution in [0.4, 0.5) is 23.0 Å². The van der Waals surface area contributed by atoms with Gasteiger partial charge in [0.05, 0.1) is 30.3 Å². The van der Waals surface area contributed by atoms with Crippen molar-refractivity contribution in [3.8, 4) is 6.07 Å². The van der Waals surface area contributed by atoms with Crippen LogP contribution in [0.15, 0.2) is 50.4 Å². The van der Waals surface area contributed by atoms with Gasteiger partial charge in [-0.2, -0.15) is 38.9 Å². The highest BCUT2D eigenvalue weighted by Gasteiger charge is 2.25. The summed E-state index contributed by atoms with van der Waals surface area (Å²) in [5.41, 5.74) is -1.08. The molecule has 0 spiro atoms. The molecule has 3 aromatic rings. The standard InChI is InChI=1S/C23H26N6O16S5/c1-14-17(13-24)22(25-7-9-44-49(38,39)40)27-23(26-8-11-46(30,31)12-10-45-50(41,42)43)20(14)29-28-18-6-5-15-16(21(18)48(35,36)37)3-2-4-19(15)47(32,33)34/h2-6H,7-12H2,1H3,(H2,25,26,27)(H,32,33,34)(H,35,36,37)(H,38,39,40)(H,41,42,43)/b29-28+. The highest BCUT2D eigenvalue weighted by Crippen LogP contribution is 2.38. The molecule has 0 amide bonds. The normalized spacial score (nSPS) is 13.0. The fourth-order valence-corrected chi connectivity index (χ4v) is 7.37. The molecular formula is C23H26N6O16S5. The molecule has 0 atom stereocenters. The topological polar surface area (TPSA) is 356 Å². The maximum atomic E-state index is 12.5. The van der Waals surface area contributed by atoms with Gasteiger partial charge in [-0.05, 0) is 19.1 Å². The molecule has 6 N–H and O–H groups in total. The van der Waals surface area contributed by atoms with Crippen molar-refractivity contribution < 1.29 is 68.7 Å². The summed E-state index contributed by atoms with van der Waals surface area (Å²) in [5, 5.41) is 22.2. The number of nitrogens with zero attached hydrogens (tertiary/aromatic N) is 4. The van der Waals surface area contributed by atoms with E-state index >= 15 is 0 Å². The monoisotopic (exact) mass is 802 g/mol. The van der Waals surface area contributed by atoms with Crippen molar-refractivity contribution >= 4 is 84.7 Å². The summed E-state index contributed by atoms with van der Waals surface area (Å²) in [6, 6.07) is 7.04. The number of nitrogens with one attached hydrogen (secondary N) is 2. The van der Waals surface area contributed by atoms with Gasteiger partial charge >= 0.3 is 20.8 Å². The zero-order chi connectivity index (χ0) is 37.7. The Bertz CT molecular complexity index is 2430. The van der Waals surface area contributed by atoms with E-state index in [-0.39, 0.29) is 45.8 Å². The molecule has 0 aliphatic rings. The van der Waals surface area contributed by atoms with Crippen molar-refractivity contribution in [2.24, 2.45) is 10.2 Å². The summed E-state index contributed by atoms with van der Waals surface area (Å²) >= 11 is 0. The van der Waals surface area contributed by atoms with Gasteiger partial charge in [0.25, 0.3) is 20.2 Å². The molecule has 1 heterocycles. The third-order valence-electron chi connectivity index (χ3n) is 6.23. The average molecular weight is 803 g/mol. The van der Waals surface area contributed by atoms with Gasteiger partial charge in [0.2, 0.25) is 0 Å². The third-order valence-corrected chi connectivity index (χ3v) is 10.6. The summed E-state index contributed by atoms with van der Waals surface area (Å²) in [6.45, 7) is -0.999. The van der Waals surface area contributed by atoms with Crippen LogP contribution in [0.3, 0.4) is 0 Å². The summed E-state index contributed by atoms with van der Waals surface area (Å²) in [7, 11) is -23.8. The molecule has 0 aliphatic heterocycles. The number of rotatable bonds is 17. The molecule has 2 aromatic carbocycles. The number of nitriles is 1. The fourth-order valence-electron chi connectivity index (χ4n) is 4.18. The van der Waals surface area contributed by atoms with Crippen molar-refractivity contribution in [2.75, 3.05) is 48.4 Å². The van der Waals surface area contributed by atoms with Crippen molar-refractivity contribution in [3.05, 3.63) is 41.5 Å². The first-order valence-electron chi connectivity index (χ1n) is 13.2. The second kappa shape index (κ2) is 15.5. The number of hydrogen-bond donors (Lipinski definition) is 6. The molecule has 50 heavy (non-hydrogen) atoms. The first kappa shape index (κ1) is 40.5. The Morgan fingerprint density at radius 2 is 1.38 bits per heavy atom. The summed E-state index contributed by atoms with van der Waals surface area (Å²) < 4.78 is 162. The van der Waals surface area contributed by atoms with Crippen molar-refractivity contribution in [1.82, 2.24) is 4.98 Å². The molecule has 3 rings (SSSR count). The summed E-state index contributed by atoms with van der Waals surface area (Å²) in [5.74, 6) is -2.04. The summed E-state index contributed by atoms with van der Waals surface area (Å²) in [4.78, 5) is 2.57. The maximum Gasteiger partial charge on any atom is 0.397 e. The molecule has 22 nitrogen and oxygen atoms in total. The number of anilines is 2. The molecule has 274 valence electrons. The van der Waals surface area contributed by atoms with Gasteiger partial charge < -0.3 is 10.6 Å². The molecule has 0 aliphatic carbocycles. The second-order valence-corrected chi connectivity index (χ2v) is 16.9. The average Bonchev–Trinajstić information content (AvgIpc) is 2.96. The number of azo groups is 1. The minimum absolute atomic E-state index is 0.0146. The van der Waals surface area contributed by atoms with Crippen LogP contribution < -0.4 is 10.6 Å². The van der Waals surface area contributed by atoms with Crippen LogP contribution >= 0.6 is 0 Å². The molecule has 0 bridgehead atoms. The van der Waals surface area contributed by atoms with Crippen molar-refractivity contribution in [1.29, 1.82) is 5.26 Å².